The quantitative estimate of drug-likeness (QED) is 0.230. The van der Waals surface area contributed by atoms with Crippen LogP contribution in [0.1, 0.15) is 10.4 Å². The number of carbonyl (C=O) groups is 2. The number of allylic oxidation sites excluding steroid dienone is 5. The number of hydrogen-bond donors (Lipinski definition) is 2. The molecule has 2 N–H and O–H groups in total. The molecule has 1 aliphatic rings. The van der Waals surface area contributed by atoms with E-state index < -0.39 is 10.4 Å². The van der Waals surface area contributed by atoms with Crippen molar-refractivity contribution >= 4 is 22.1 Å². The molecular formula is C13H11FeN3O6S. The number of carbonyl (C=O) groups excluding carboxylic acids is 2. The second-order valence-corrected chi connectivity index (χ2v) is 4.74. The monoisotopic (exact) mass is 393 g/mol. The summed E-state index contributed by atoms with van der Waals surface area (Å²) >= 11 is 0. The van der Waals surface area contributed by atoms with Gasteiger partial charge in [0.25, 0.3) is 5.91 Å². The second kappa shape index (κ2) is 10.5. The van der Waals surface area contributed by atoms with E-state index in [-0.39, 0.29) is 28.8 Å². The van der Waals surface area contributed by atoms with Gasteiger partial charge in [-0.2, -0.15) is 0 Å². The van der Waals surface area contributed by atoms with Crippen LogP contribution in [0, 0.1) is 0 Å². The van der Waals surface area contributed by atoms with Gasteiger partial charge in [0.1, 0.15) is 0 Å². The van der Waals surface area contributed by atoms with Crippen molar-refractivity contribution < 1.29 is 44.2 Å². The fraction of sp³-hybridized carbons (Fsp3) is 0. The molecule has 1 amide bonds. The van der Waals surface area contributed by atoms with Crippen LogP contribution in [0.2, 0.25) is 0 Å². The molecule has 1 aromatic heterocycles. The molecule has 1 aromatic rings. The van der Waals surface area contributed by atoms with E-state index >= 15 is 0 Å². The Balaban J connectivity index is 0.000000777. The number of hydrazine groups is 1. The van der Waals surface area contributed by atoms with E-state index in [2.05, 4.69) is 15.8 Å². The largest absolute Gasteiger partial charge is 2.00 e. The predicted molar refractivity (Wildman–Crippen MR) is 76.7 cm³/mol. The number of ketones is 1. The van der Waals surface area contributed by atoms with Crippen LogP contribution >= 0.6 is 0 Å². The third-order valence-electron chi connectivity index (χ3n) is 2.27. The Morgan fingerprint density at radius 2 is 1.67 bits per heavy atom. The van der Waals surface area contributed by atoms with Gasteiger partial charge in [-0.1, -0.05) is 12.2 Å². The first-order valence-corrected chi connectivity index (χ1v) is 7.32. The number of pyridine rings is 1. The zero-order chi connectivity index (χ0) is 17.3. The predicted octanol–water partition coefficient (Wildman–Crippen LogP) is -0.445. The van der Waals surface area contributed by atoms with Crippen molar-refractivity contribution in [2.24, 2.45) is 0 Å². The van der Waals surface area contributed by atoms with Gasteiger partial charge in [0.15, 0.2) is 5.78 Å². The van der Waals surface area contributed by atoms with E-state index in [1.807, 2.05) is 0 Å². The van der Waals surface area contributed by atoms with Crippen molar-refractivity contribution in [2.45, 2.75) is 0 Å². The molecule has 0 spiro atoms. The summed E-state index contributed by atoms with van der Waals surface area (Å²) in [5, 5.41) is 0. The van der Waals surface area contributed by atoms with Crippen molar-refractivity contribution in [1.29, 1.82) is 0 Å². The molecule has 0 atom stereocenters. The van der Waals surface area contributed by atoms with E-state index in [1.165, 1.54) is 24.7 Å². The Labute approximate surface area is 148 Å². The van der Waals surface area contributed by atoms with Crippen LogP contribution in [0.3, 0.4) is 0 Å². The van der Waals surface area contributed by atoms with Crippen molar-refractivity contribution in [1.82, 2.24) is 15.8 Å². The van der Waals surface area contributed by atoms with E-state index in [0.29, 0.717) is 11.1 Å². The smallest absolute Gasteiger partial charge is 0.759 e. The van der Waals surface area contributed by atoms with Gasteiger partial charge in [-0.3, -0.25) is 28.4 Å². The first kappa shape index (κ1) is 21.7. The Kier molecular flexibility index (Phi) is 9.47. The van der Waals surface area contributed by atoms with Gasteiger partial charge in [-0.15, -0.1) is 0 Å². The molecule has 128 valence electrons. The van der Waals surface area contributed by atoms with Crippen LogP contribution in [0.15, 0.2) is 60.6 Å². The molecule has 9 nitrogen and oxygen atoms in total. The number of amides is 1. The Bertz CT molecular complexity index is 751. The van der Waals surface area contributed by atoms with E-state index in [9.17, 15) is 9.59 Å². The van der Waals surface area contributed by atoms with Gasteiger partial charge < -0.3 is 14.5 Å². The summed E-state index contributed by atoms with van der Waals surface area (Å²) in [5.41, 5.74) is 6.03. The van der Waals surface area contributed by atoms with Crippen molar-refractivity contribution in [3.05, 3.63) is 66.2 Å². The second-order valence-electron chi connectivity index (χ2n) is 3.92. The van der Waals surface area contributed by atoms with Crippen LogP contribution in [0.25, 0.3) is 0 Å². The molecular weight excluding hydrogens is 382 g/mol. The van der Waals surface area contributed by atoms with Gasteiger partial charge in [-0.05, 0) is 24.3 Å². The van der Waals surface area contributed by atoms with Crippen LogP contribution < -0.4 is 10.9 Å². The molecule has 0 saturated carbocycles. The Morgan fingerprint density at radius 1 is 1.12 bits per heavy atom. The molecule has 0 aromatic carbocycles. The van der Waals surface area contributed by atoms with Gasteiger partial charge in [0.2, 0.25) is 0 Å². The maximum absolute atomic E-state index is 11.6. The molecule has 0 aliphatic heterocycles. The first-order valence-electron chi connectivity index (χ1n) is 5.99. The molecule has 0 saturated heterocycles. The molecule has 24 heavy (non-hydrogen) atoms. The third kappa shape index (κ3) is 9.66. The van der Waals surface area contributed by atoms with Crippen LogP contribution in [-0.2, 0) is 32.3 Å². The standard InChI is InChI=1S/C13H11N3O2.Fe.H2O4S/c17-12-4-2-1-3-11(12)9-15-16-13(18)10-5-7-14-8-6-10;;1-5(2,3)4/h1-9,15H,(H,16,18);;(H2,1,2,3,4)/q;+2;/p-2/b11-9-;;. The van der Waals surface area contributed by atoms with Gasteiger partial charge >= 0.3 is 17.1 Å². The zero-order valence-electron chi connectivity index (χ0n) is 11.9. The van der Waals surface area contributed by atoms with E-state index in [0.717, 1.165) is 0 Å². The average molecular weight is 393 g/mol. The van der Waals surface area contributed by atoms with Crippen molar-refractivity contribution in [2.75, 3.05) is 0 Å². The minimum absolute atomic E-state index is 0. The zero-order valence-corrected chi connectivity index (χ0v) is 13.8. The third-order valence-corrected chi connectivity index (χ3v) is 2.27. The number of nitrogens with one attached hydrogen (secondary N) is 2. The SMILES string of the molecule is O=C1C=CC=C/C1=C/NNC(=O)c1ccncc1.O=S(=O)([O-])[O-].[Fe+2]. The summed E-state index contributed by atoms with van der Waals surface area (Å²) in [6.07, 6.45) is 11.0. The first-order chi connectivity index (χ1) is 10.8. The maximum atomic E-state index is 11.6. The van der Waals surface area contributed by atoms with Gasteiger partial charge in [-0.25, -0.2) is 0 Å². The van der Waals surface area contributed by atoms with Crippen LogP contribution in [0.4, 0.5) is 0 Å². The molecule has 1 aliphatic carbocycles. The van der Waals surface area contributed by atoms with Gasteiger partial charge in [0.05, 0.1) is 0 Å². The topological polar surface area (TPSA) is 151 Å². The number of aromatic nitrogens is 1. The number of hydrogen-bond acceptors (Lipinski definition) is 8. The molecule has 11 heteroatoms. The molecule has 1 heterocycles. The molecule has 2 rings (SSSR count). The Morgan fingerprint density at radius 3 is 2.21 bits per heavy atom. The fourth-order valence-corrected chi connectivity index (χ4v) is 1.35. The average Bonchev–Trinajstić information content (AvgIpc) is 2.48. The summed E-state index contributed by atoms with van der Waals surface area (Å²) in [5.74, 6) is -0.403. The number of nitrogens with zero attached hydrogens (tertiary/aromatic N) is 1. The van der Waals surface area contributed by atoms with Crippen LogP contribution in [-0.4, -0.2) is 34.2 Å². The molecule has 0 unspecified atom stereocenters. The summed E-state index contributed by atoms with van der Waals surface area (Å²) in [4.78, 5) is 26.8. The van der Waals surface area contributed by atoms with E-state index in [1.54, 1.807) is 30.4 Å². The normalized spacial score (nSPS) is 14.2. The molecule has 0 bridgehead atoms. The maximum Gasteiger partial charge on any atom is 2.00 e. The molecule has 0 radical (unpaired) electrons. The Hall–Kier alpha value is -2.30. The fourth-order valence-electron chi connectivity index (χ4n) is 1.35. The molecule has 0 fully saturated rings. The van der Waals surface area contributed by atoms with Crippen molar-refractivity contribution in [3.8, 4) is 0 Å². The minimum Gasteiger partial charge on any atom is -0.759 e. The minimum atomic E-state index is -5.17. The summed E-state index contributed by atoms with van der Waals surface area (Å²) < 4.78 is 34.1. The number of rotatable bonds is 3. The van der Waals surface area contributed by atoms with Crippen LogP contribution in [0.5, 0.6) is 0 Å². The summed E-state index contributed by atoms with van der Waals surface area (Å²) in [6.45, 7) is 0. The van der Waals surface area contributed by atoms with Gasteiger partial charge in [0, 0.05) is 40.1 Å². The van der Waals surface area contributed by atoms with Crippen molar-refractivity contribution in [3.63, 3.8) is 0 Å². The summed E-state index contributed by atoms with van der Waals surface area (Å²) in [7, 11) is -5.17. The van der Waals surface area contributed by atoms with E-state index in [4.69, 9.17) is 17.5 Å². The summed E-state index contributed by atoms with van der Waals surface area (Å²) in [6, 6.07) is 3.19.